The van der Waals surface area contributed by atoms with E-state index in [9.17, 15) is 14.4 Å². The molecule has 1 atom stereocenters. The molecule has 6 nitrogen and oxygen atoms in total. The summed E-state index contributed by atoms with van der Waals surface area (Å²) in [5, 5.41) is 0. The van der Waals surface area contributed by atoms with Crippen LogP contribution in [0.25, 0.3) is 0 Å². The highest BCUT2D eigenvalue weighted by Gasteiger charge is 2.19. The summed E-state index contributed by atoms with van der Waals surface area (Å²) in [7, 11) is 0. The third-order valence-electron chi connectivity index (χ3n) is 14.8. The Bertz CT molecular complexity index is 1500. The third kappa shape index (κ3) is 65.3. The largest absolute Gasteiger partial charge is 0.462 e. The van der Waals surface area contributed by atoms with Crippen LogP contribution in [0.15, 0.2) is 85.1 Å². The quantitative estimate of drug-likeness (QED) is 0.0261. The maximum absolute atomic E-state index is 12.9. The van der Waals surface area contributed by atoms with Crippen LogP contribution in [0.5, 0.6) is 0 Å². The maximum atomic E-state index is 12.9. The van der Waals surface area contributed by atoms with Gasteiger partial charge in [0.25, 0.3) is 0 Å². The van der Waals surface area contributed by atoms with Crippen molar-refractivity contribution in [2.45, 2.75) is 348 Å². The SMILES string of the molecule is CC/C=C\C/C=C\C/C=C\C/C=C\CCCCCCCCCCCCCCCCCCCCCCC(=O)OCC(COC(=O)CCCCCCC/C=C\C/C=C\CCC)OC(=O)CCCCCCC/C=C\CCCCCCCC. The summed E-state index contributed by atoms with van der Waals surface area (Å²) in [4.78, 5) is 38.3. The lowest BCUT2D eigenvalue weighted by Crippen LogP contribution is -2.30. The van der Waals surface area contributed by atoms with E-state index in [0.717, 1.165) is 122 Å². The van der Waals surface area contributed by atoms with E-state index in [2.05, 4.69) is 106 Å². The van der Waals surface area contributed by atoms with Gasteiger partial charge in [0.2, 0.25) is 0 Å². The topological polar surface area (TPSA) is 78.9 Å². The van der Waals surface area contributed by atoms with Crippen molar-refractivity contribution in [3.63, 3.8) is 0 Å². The molecule has 0 aromatic heterocycles. The van der Waals surface area contributed by atoms with Crippen LogP contribution in [-0.2, 0) is 28.6 Å². The van der Waals surface area contributed by atoms with Crippen molar-refractivity contribution in [3.8, 4) is 0 Å². The summed E-state index contributed by atoms with van der Waals surface area (Å²) >= 11 is 0. The molecule has 6 heteroatoms. The van der Waals surface area contributed by atoms with E-state index in [1.807, 2.05) is 0 Å². The molecule has 456 valence electrons. The Morgan fingerprint density at radius 3 is 0.835 bits per heavy atom. The monoisotopic (exact) mass is 1100 g/mol. The second-order valence-corrected chi connectivity index (χ2v) is 22.7. The van der Waals surface area contributed by atoms with Gasteiger partial charge in [0.05, 0.1) is 0 Å². The van der Waals surface area contributed by atoms with Gasteiger partial charge in [-0.2, -0.15) is 0 Å². The summed E-state index contributed by atoms with van der Waals surface area (Å²) in [6.07, 6.45) is 89.0. The first kappa shape index (κ1) is 75.6. The number of carbonyl (C=O) groups is 3. The van der Waals surface area contributed by atoms with Crippen molar-refractivity contribution in [1.29, 1.82) is 0 Å². The number of ether oxygens (including phenoxy) is 3. The number of carbonyl (C=O) groups excluding carboxylic acids is 3. The summed E-state index contributed by atoms with van der Waals surface area (Å²) in [6, 6.07) is 0. The van der Waals surface area contributed by atoms with E-state index in [4.69, 9.17) is 14.2 Å². The van der Waals surface area contributed by atoms with Gasteiger partial charge < -0.3 is 14.2 Å². The number of esters is 3. The van der Waals surface area contributed by atoms with Gasteiger partial charge in [-0.15, -0.1) is 0 Å². The van der Waals surface area contributed by atoms with Crippen LogP contribution in [0.2, 0.25) is 0 Å². The van der Waals surface area contributed by atoms with Crippen LogP contribution in [-0.4, -0.2) is 37.2 Å². The van der Waals surface area contributed by atoms with E-state index in [0.29, 0.717) is 19.3 Å². The van der Waals surface area contributed by atoms with Crippen molar-refractivity contribution < 1.29 is 28.6 Å². The highest BCUT2D eigenvalue weighted by Crippen LogP contribution is 2.17. The van der Waals surface area contributed by atoms with Crippen LogP contribution < -0.4 is 0 Å². The Hall–Kier alpha value is -3.41. The molecule has 0 N–H and O–H groups in total. The summed E-state index contributed by atoms with van der Waals surface area (Å²) < 4.78 is 16.9. The number of unbranched alkanes of at least 4 members (excludes halogenated alkanes) is 37. The minimum atomic E-state index is -0.785. The van der Waals surface area contributed by atoms with Gasteiger partial charge in [0.1, 0.15) is 13.2 Å². The van der Waals surface area contributed by atoms with Crippen LogP contribution >= 0.6 is 0 Å². The highest BCUT2D eigenvalue weighted by molar-refractivity contribution is 5.71. The van der Waals surface area contributed by atoms with Crippen molar-refractivity contribution in [3.05, 3.63) is 85.1 Å². The molecular weight excluding hydrogens is 973 g/mol. The van der Waals surface area contributed by atoms with Crippen LogP contribution in [0.4, 0.5) is 0 Å². The number of hydrogen-bond donors (Lipinski definition) is 0. The van der Waals surface area contributed by atoms with Gasteiger partial charge in [-0.1, -0.05) is 298 Å². The van der Waals surface area contributed by atoms with Gasteiger partial charge >= 0.3 is 17.9 Å². The molecule has 0 aliphatic carbocycles. The van der Waals surface area contributed by atoms with Crippen molar-refractivity contribution >= 4 is 17.9 Å². The molecule has 0 aromatic carbocycles. The van der Waals surface area contributed by atoms with Gasteiger partial charge in [0, 0.05) is 19.3 Å². The van der Waals surface area contributed by atoms with E-state index in [-0.39, 0.29) is 31.1 Å². The van der Waals surface area contributed by atoms with Gasteiger partial charge in [0.15, 0.2) is 6.10 Å². The maximum Gasteiger partial charge on any atom is 0.306 e. The molecule has 0 saturated carbocycles. The predicted octanol–water partition coefficient (Wildman–Crippen LogP) is 23.4. The van der Waals surface area contributed by atoms with Gasteiger partial charge in [-0.05, 0) is 109 Å². The lowest BCUT2D eigenvalue weighted by molar-refractivity contribution is -0.167. The fourth-order valence-electron chi connectivity index (χ4n) is 9.76. The standard InChI is InChI=1S/C73H128O6/c1-4-7-10-13-16-19-22-25-27-28-29-30-31-32-33-34-35-36-37-38-39-40-41-42-43-44-46-48-51-54-57-60-63-66-72(75)78-69-70(68-77-71(74)65-62-59-56-53-50-47-24-21-18-15-12-9-6-3)79-73(76)67-64-61-58-55-52-49-45-26-23-20-17-14-11-8-5-2/h7,10,12,15-16,19,21,24-27,29-30,45,70H,4-6,8-9,11,13-14,17-18,20,22-23,28,31-44,46-69H2,1-3H3/b10-7-,15-12-,19-16-,24-21-,27-25-,30-29-,45-26-. The first-order chi connectivity index (χ1) is 39.0. The molecule has 79 heavy (non-hydrogen) atoms. The zero-order valence-electron chi connectivity index (χ0n) is 52.4. The molecular formula is C73H128O6. The zero-order valence-corrected chi connectivity index (χ0v) is 52.4. The average molecular weight is 1100 g/mol. The van der Waals surface area contributed by atoms with Gasteiger partial charge in [-0.3, -0.25) is 14.4 Å². The fraction of sp³-hybridized carbons (Fsp3) is 0.767. The van der Waals surface area contributed by atoms with E-state index in [1.54, 1.807) is 0 Å². The average Bonchev–Trinajstić information content (AvgIpc) is 3.45. The lowest BCUT2D eigenvalue weighted by atomic mass is 10.0. The fourth-order valence-corrected chi connectivity index (χ4v) is 9.76. The Morgan fingerprint density at radius 1 is 0.266 bits per heavy atom. The molecule has 0 saturated heterocycles. The van der Waals surface area contributed by atoms with E-state index >= 15 is 0 Å². The molecule has 0 spiro atoms. The molecule has 0 aliphatic heterocycles. The molecule has 1 unspecified atom stereocenters. The number of allylic oxidation sites excluding steroid dienone is 14. The Morgan fingerprint density at radius 2 is 0.519 bits per heavy atom. The predicted molar refractivity (Wildman–Crippen MR) is 344 cm³/mol. The smallest absolute Gasteiger partial charge is 0.306 e. The molecule has 0 aromatic rings. The number of hydrogen-bond acceptors (Lipinski definition) is 6. The Balaban J connectivity index is 4.13. The molecule has 0 rings (SSSR count). The summed E-state index contributed by atoms with van der Waals surface area (Å²) in [6.45, 7) is 6.47. The molecule has 0 heterocycles. The van der Waals surface area contributed by atoms with E-state index in [1.165, 1.54) is 180 Å². The molecule has 0 bridgehead atoms. The third-order valence-corrected chi connectivity index (χ3v) is 14.8. The Kier molecular flexibility index (Phi) is 64.2. The molecule has 0 amide bonds. The van der Waals surface area contributed by atoms with Gasteiger partial charge in [-0.25, -0.2) is 0 Å². The molecule has 0 aliphatic rings. The minimum absolute atomic E-state index is 0.0804. The normalized spacial score (nSPS) is 12.6. The van der Waals surface area contributed by atoms with Crippen LogP contribution in [0.3, 0.4) is 0 Å². The van der Waals surface area contributed by atoms with Crippen molar-refractivity contribution in [2.24, 2.45) is 0 Å². The minimum Gasteiger partial charge on any atom is -0.462 e. The Labute approximate surface area is 490 Å². The van der Waals surface area contributed by atoms with Crippen LogP contribution in [0.1, 0.15) is 342 Å². The summed E-state index contributed by atoms with van der Waals surface area (Å²) in [5.41, 5.74) is 0. The highest BCUT2D eigenvalue weighted by atomic mass is 16.6. The number of rotatable bonds is 62. The second-order valence-electron chi connectivity index (χ2n) is 22.7. The lowest BCUT2D eigenvalue weighted by Gasteiger charge is -2.18. The molecule has 0 radical (unpaired) electrons. The van der Waals surface area contributed by atoms with Crippen LogP contribution in [0, 0.1) is 0 Å². The second kappa shape index (κ2) is 67.1. The van der Waals surface area contributed by atoms with E-state index < -0.39 is 6.10 Å². The van der Waals surface area contributed by atoms with Crippen molar-refractivity contribution in [2.75, 3.05) is 13.2 Å². The van der Waals surface area contributed by atoms with Crippen molar-refractivity contribution in [1.82, 2.24) is 0 Å². The molecule has 0 fully saturated rings. The first-order valence-electron chi connectivity index (χ1n) is 34.1. The summed E-state index contributed by atoms with van der Waals surface area (Å²) in [5.74, 6) is -0.888. The zero-order chi connectivity index (χ0) is 57.1. The first-order valence-corrected chi connectivity index (χ1v) is 34.1.